The number of hydrogen-bond acceptors (Lipinski definition) is 4. The maximum atomic E-state index is 13.9. The lowest BCUT2D eigenvalue weighted by Gasteiger charge is -2.34. The summed E-state index contributed by atoms with van der Waals surface area (Å²) < 4.78 is 41.7. The topological polar surface area (TPSA) is 72.9 Å². The molecule has 0 aliphatic carbocycles. The first kappa shape index (κ1) is 22.6. The van der Waals surface area contributed by atoms with Gasteiger partial charge in [-0.25, -0.2) is 0 Å². The molecule has 2 N–H and O–H groups in total. The first-order valence-corrected chi connectivity index (χ1v) is 9.96. The van der Waals surface area contributed by atoms with Crippen LogP contribution in [0.1, 0.15) is 19.8 Å². The van der Waals surface area contributed by atoms with Crippen molar-refractivity contribution < 1.29 is 27.9 Å². The second-order valence-electron chi connectivity index (χ2n) is 7.37. The molecule has 1 aliphatic rings. The number of carbonyl (C=O) groups is 2. The van der Waals surface area contributed by atoms with Crippen LogP contribution in [0.2, 0.25) is 0 Å². The summed E-state index contributed by atoms with van der Waals surface area (Å²) in [5.74, 6) is -1.63. The first-order chi connectivity index (χ1) is 14.7. The summed E-state index contributed by atoms with van der Waals surface area (Å²) in [5.41, 5.74) is 0.737. The number of nitrogens with one attached hydrogen (secondary N) is 1. The Morgan fingerprint density at radius 1 is 1.19 bits per heavy atom. The molecule has 2 unspecified atom stereocenters. The van der Waals surface area contributed by atoms with Crippen molar-refractivity contribution >= 4 is 28.9 Å². The highest BCUT2D eigenvalue weighted by atomic mass is 19.4. The summed E-state index contributed by atoms with van der Waals surface area (Å²) in [5, 5.41) is 12.6. The Morgan fingerprint density at radius 2 is 1.84 bits per heavy atom. The van der Waals surface area contributed by atoms with E-state index in [1.165, 1.54) is 18.2 Å². The highest BCUT2D eigenvalue weighted by Crippen LogP contribution is 2.37. The smallest absolute Gasteiger partial charge is 0.391 e. The van der Waals surface area contributed by atoms with E-state index < -0.39 is 43.1 Å². The zero-order chi connectivity index (χ0) is 22.6. The fourth-order valence-electron chi connectivity index (χ4n) is 3.52. The average Bonchev–Trinajstić information content (AvgIpc) is 2.89. The minimum atomic E-state index is -4.80. The van der Waals surface area contributed by atoms with E-state index in [-0.39, 0.29) is 17.9 Å². The van der Waals surface area contributed by atoms with Crippen LogP contribution >= 0.6 is 0 Å². The molecule has 3 rings (SSSR count). The summed E-state index contributed by atoms with van der Waals surface area (Å²) in [4.78, 5) is 27.6. The molecular weight excluding hydrogens is 411 g/mol. The molecule has 0 fully saturated rings. The van der Waals surface area contributed by atoms with Crippen molar-refractivity contribution in [2.45, 2.75) is 38.1 Å². The van der Waals surface area contributed by atoms with Gasteiger partial charge in [0, 0.05) is 12.2 Å². The molecule has 31 heavy (non-hydrogen) atoms. The molecule has 166 valence electrons. The van der Waals surface area contributed by atoms with Gasteiger partial charge >= 0.3 is 6.18 Å². The SMILES string of the molecule is CCC(O)CN(CC(=O)N1c2ccccc2NC(=O)CC1C(F)(F)F)c1ccccc1. The molecule has 1 heterocycles. The van der Waals surface area contributed by atoms with Crippen molar-refractivity contribution in [3.05, 3.63) is 54.6 Å². The van der Waals surface area contributed by atoms with Gasteiger partial charge < -0.3 is 15.3 Å². The molecule has 9 heteroatoms. The van der Waals surface area contributed by atoms with Crippen molar-refractivity contribution in [2.24, 2.45) is 0 Å². The summed E-state index contributed by atoms with van der Waals surface area (Å²) in [6, 6.07) is 12.3. The quantitative estimate of drug-likeness (QED) is 0.728. The molecule has 2 aromatic rings. The van der Waals surface area contributed by atoms with Crippen molar-refractivity contribution in [3.63, 3.8) is 0 Å². The normalized spacial score (nSPS) is 17.4. The van der Waals surface area contributed by atoms with Crippen molar-refractivity contribution in [1.29, 1.82) is 0 Å². The number of carbonyl (C=O) groups excluding carboxylic acids is 2. The van der Waals surface area contributed by atoms with Gasteiger partial charge in [-0.05, 0) is 30.7 Å². The number of rotatable bonds is 6. The van der Waals surface area contributed by atoms with E-state index in [1.807, 2.05) is 0 Å². The van der Waals surface area contributed by atoms with Crippen LogP contribution in [0.15, 0.2) is 54.6 Å². The predicted octanol–water partition coefficient (Wildman–Crippen LogP) is 3.57. The van der Waals surface area contributed by atoms with Gasteiger partial charge in [0.1, 0.15) is 6.04 Å². The number of anilines is 3. The van der Waals surface area contributed by atoms with Gasteiger partial charge in [-0.3, -0.25) is 14.5 Å². The second-order valence-corrected chi connectivity index (χ2v) is 7.37. The van der Waals surface area contributed by atoms with Gasteiger partial charge in [0.2, 0.25) is 11.8 Å². The summed E-state index contributed by atoms with van der Waals surface area (Å²) in [6.45, 7) is 1.46. The third kappa shape index (κ3) is 5.35. The van der Waals surface area contributed by atoms with Crippen LogP contribution in [0, 0.1) is 0 Å². The van der Waals surface area contributed by atoms with Gasteiger partial charge in [0.25, 0.3) is 0 Å². The minimum Gasteiger partial charge on any atom is -0.391 e. The third-order valence-corrected chi connectivity index (χ3v) is 5.12. The van der Waals surface area contributed by atoms with Gasteiger partial charge in [0.15, 0.2) is 0 Å². The Morgan fingerprint density at radius 3 is 2.48 bits per heavy atom. The van der Waals surface area contributed by atoms with Crippen LogP contribution in [-0.4, -0.2) is 48.3 Å². The first-order valence-electron chi connectivity index (χ1n) is 9.96. The number of halogens is 3. The van der Waals surface area contributed by atoms with Crippen LogP contribution in [0.3, 0.4) is 0 Å². The Kier molecular flexibility index (Phi) is 6.84. The number of amides is 2. The van der Waals surface area contributed by atoms with Gasteiger partial charge in [-0.15, -0.1) is 0 Å². The van der Waals surface area contributed by atoms with Crippen molar-refractivity contribution in [3.8, 4) is 0 Å². The van der Waals surface area contributed by atoms with Gasteiger partial charge in [-0.2, -0.15) is 13.2 Å². The van der Waals surface area contributed by atoms with E-state index in [2.05, 4.69) is 5.32 Å². The van der Waals surface area contributed by atoms with Crippen LogP contribution in [0.5, 0.6) is 0 Å². The second kappa shape index (κ2) is 9.38. The monoisotopic (exact) mass is 435 g/mol. The van der Waals surface area contributed by atoms with E-state index in [0.29, 0.717) is 17.0 Å². The lowest BCUT2D eigenvalue weighted by molar-refractivity contribution is -0.157. The van der Waals surface area contributed by atoms with E-state index in [9.17, 15) is 27.9 Å². The molecule has 1 aliphatic heterocycles. The molecule has 0 aromatic heterocycles. The zero-order valence-corrected chi connectivity index (χ0v) is 17.0. The Labute approximate surface area is 178 Å². The molecule has 0 bridgehead atoms. The van der Waals surface area contributed by atoms with Crippen LogP contribution in [0.25, 0.3) is 0 Å². The number of para-hydroxylation sites is 3. The van der Waals surface area contributed by atoms with E-state index >= 15 is 0 Å². The number of benzene rings is 2. The average molecular weight is 435 g/mol. The van der Waals surface area contributed by atoms with Crippen LogP contribution in [-0.2, 0) is 9.59 Å². The molecule has 0 saturated carbocycles. The van der Waals surface area contributed by atoms with Crippen molar-refractivity contribution in [2.75, 3.05) is 28.2 Å². The number of fused-ring (bicyclic) bond motifs is 1. The minimum absolute atomic E-state index is 0.00951. The number of aliphatic hydroxyl groups is 1. The number of alkyl halides is 3. The summed E-state index contributed by atoms with van der Waals surface area (Å²) in [6.07, 6.45) is -6.03. The number of nitrogens with zero attached hydrogens (tertiary/aromatic N) is 2. The predicted molar refractivity (Wildman–Crippen MR) is 112 cm³/mol. The maximum Gasteiger partial charge on any atom is 0.409 e. The largest absolute Gasteiger partial charge is 0.409 e. The number of hydrogen-bond donors (Lipinski definition) is 2. The van der Waals surface area contributed by atoms with E-state index in [0.717, 1.165) is 0 Å². The van der Waals surface area contributed by atoms with Crippen molar-refractivity contribution in [1.82, 2.24) is 0 Å². The molecule has 6 nitrogen and oxygen atoms in total. The third-order valence-electron chi connectivity index (χ3n) is 5.12. The molecular formula is C22H24F3N3O3. The molecule has 2 atom stereocenters. The standard InChI is InChI=1S/C22H24F3N3O3/c1-2-16(29)13-27(15-8-4-3-5-9-15)14-21(31)28-18-11-7-6-10-17(18)26-20(30)12-19(28)22(23,24)25/h3-11,16,19,29H,2,12-14H2,1H3,(H,26,30). The highest BCUT2D eigenvalue weighted by Gasteiger charge is 2.49. The highest BCUT2D eigenvalue weighted by molar-refractivity contribution is 6.05. The summed E-state index contributed by atoms with van der Waals surface area (Å²) in [7, 11) is 0. The maximum absolute atomic E-state index is 13.9. The number of aliphatic hydroxyl groups excluding tert-OH is 1. The molecule has 0 saturated heterocycles. The fourth-order valence-corrected chi connectivity index (χ4v) is 3.52. The lowest BCUT2D eigenvalue weighted by atomic mass is 10.1. The van der Waals surface area contributed by atoms with E-state index in [1.54, 1.807) is 48.2 Å². The van der Waals surface area contributed by atoms with Gasteiger partial charge in [-0.1, -0.05) is 37.3 Å². The zero-order valence-electron chi connectivity index (χ0n) is 17.0. The van der Waals surface area contributed by atoms with Gasteiger partial charge in [0.05, 0.1) is 30.4 Å². The van der Waals surface area contributed by atoms with Crippen LogP contribution in [0.4, 0.5) is 30.2 Å². The summed E-state index contributed by atoms with van der Waals surface area (Å²) >= 11 is 0. The lowest BCUT2D eigenvalue weighted by Crippen LogP contribution is -2.53. The van der Waals surface area contributed by atoms with Crippen LogP contribution < -0.4 is 15.1 Å². The Hall–Kier alpha value is -3.07. The Balaban J connectivity index is 1.99. The molecule has 2 aromatic carbocycles. The molecule has 0 radical (unpaired) electrons. The fraction of sp³-hybridized carbons (Fsp3) is 0.364. The molecule has 2 amide bonds. The van der Waals surface area contributed by atoms with E-state index in [4.69, 9.17) is 0 Å². The Bertz CT molecular complexity index is 921. The molecule has 0 spiro atoms.